The number of methoxy groups -OCH3 is 1. The highest BCUT2D eigenvalue weighted by molar-refractivity contribution is 7.98. The Labute approximate surface area is 231 Å². The van der Waals surface area contributed by atoms with Gasteiger partial charge < -0.3 is 19.5 Å². The second-order valence-electron chi connectivity index (χ2n) is 10.1. The number of benzene rings is 1. The first-order valence-electron chi connectivity index (χ1n) is 12.8. The van der Waals surface area contributed by atoms with Gasteiger partial charge in [0.05, 0.1) is 36.2 Å². The van der Waals surface area contributed by atoms with Crippen LogP contribution in [-0.4, -0.2) is 80.2 Å². The summed E-state index contributed by atoms with van der Waals surface area (Å²) >= 11 is 1.25. The largest absolute Gasteiger partial charge is 0.481 e. The van der Waals surface area contributed by atoms with Gasteiger partial charge in [0.2, 0.25) is 11.8 Å². The molecule has 0 radical (unpaired) electrons. The lowest BCUT2D eigenvalue weighted by atomic mass is 9.98. The van der Waals surface area contributed by atoms with E-state index in [1.54, 1.807) is 18.4 Å². The lowest BCUT2D eigenvalue weighted by Crippen LogP contribution is -2.64. The van der Waals surface area contributed by atoms with Crippen LogP contribution in [0.4, 0.5) is 19.4 Å². The number of carboxylic acid groups (broad SMARTS) is 1. The van der Waals surface area contributed by atoms with Gasteiger partial charge in [-0.3, -0.25) is 4.90 Å². The number of amides is 1. The number of hydrogen-bond donors (Lipinski definition) is 1. The second-order valence-corrected chi connectivity index (χ2v) is 10.9. The molecule has 2 saturated heterocycles. The van der Waals surface area contributed by atoms with Crippen molar-refractivity contribution in [1.29, 1.82) is 0 Å². The third-order valence-electron chi connectivity index (χ3n) is 8.15. The Morgan fingerprint density at radius 1 is 1.18 bits per heavy atom. The van der Waals surface area contributed by atoms with Crippen molar-refractivity contribution in [2.24, 2.45) is 0 Å². The number of anilines is 1. The summed E-state index contributed by atoms with van der Waals surface area (Å²) in [6.07, 6.45) is 3.19. The maximum Gasteiger partial charge on any atom is 0.407 e. The Morgan fingerprint density at radius 2 is 2.00 bits per heavy atom. The van der Waals surface area contributed by atoms with Crippen LogP contribution in [0.25, 0.3) is 32.9 Å². The van der Waals surface area contributed by atoms with E-state index in [9.17, 15) is 9.90 Å². The maximum atomic E-state index is 16.6. The van der Waals surface area contributed by atoms with Crippen LogP contribution in [0.1, 0.15) is 19.8 Å². The first-order valence-corrected chi connectivity index (χ1v) is 14.1. The van der Waals surface area contributed by atoms with Crippen LogP contribution >= 0.6 is 11.8 Å². The predicted molar refractivity (Wildman–Crippen MR) is 144 cm³/mol. The summed E-state index contributed by atoms with van der Waals surface area (Å²) in [6, 6.07) is 3.55. The SMILES string of the molecule is COc1nccc2ccc(F)c(-c3nc4c5c(nc(SC)nc5c3F)N3CC5CCC(C3C(C)O4)N5C(=O)O)c12. The molecule has 10 nitrogen and oxygen atoms in total. The molecule has 0 spiro atoms. The van der Waals surface area contributed by atoms with E-state index in [2.05, 4.69) is 15.0 Å². The Bertz CT molecular complexity index is 1720. The van der Waals surface area contributed by atoms with Crippen molar-refractivity contribution in [2.75, 3.05) is 24.8 Å². The Hall–Kier alpha value is -4.00. The molecule has 2 fully saturated rings. The summed E-state index contributed by atoms with van der Waals surface area (Å²) in [7, 11) is 1.41. The highest BCUT2D eigenvalue weighted by atomic mass is 32.2. The molecule has 206 valence electrons. The third kappa shape index (κ3) is 3.42. The number of pyridine rings is 2. The molecule has 4 aromatic rings. The minimum absolute atomic E-state index is 0.0468. The fraction of sp³-hybridized carbons (Fsp3) is 0.370. The second kappa shape index (κ2) is 9.01. The number of rotatable bonds is 3. The van der Waals surface area contributed by atoms with E-state index in [4.69, 9.17) is 14.5 Å². The number of halogens is 2. The van der Waals surface area contributed by atoms with E-state index in [0.29, 0.717) is 29.3 Å². The molecule has 1 aromatic carbocycles. The first kappa shape index (κ1) is 25.0. The van der Waals surface area contributed by atoms with Crippen molar-refractivity contribution in [3.05, 3.63) is 36.0 Å². The number of carbonyl (C=O) groups is 1. The molecule has 4 atom stereocenters. The van der Waals surface area contributed by atoms with E-state index in [0.717, 1.165) is 6.42 Å². The molecule has 0 saturated carbocycles. The zero-order valence-corrected chi connectivity index (χ0v) is 22.6. The van der Waals surface area contributed by atoms with E-state index in [1.807, 2.05) is 11.8 Å². The Morgan fingerprint density at radius 3 is 2.75 bits per heavy atom. The number of nitrogens with zero attached hydrogens (tertiary/aromatic N) is 6. The van der Waals surface area contributed by atoms with Crippen LogP contribution in [-0.2, 0) is 0 Å². The Balaban J connectivity index is 1.52. The molecule has 40 heavy (non-hydrogen) atoms. The van der Waals surface area contributed by atoms with Gasteiger partial charge in [0.1, 0.15) is 34.3 Å². The minimum atomic E-state index is -0.973. The van der Waals surface area contributed by atoms with E-state index < -0.39 is 23.8 Å². The van der Waals surface area contributed by atoms with E-state index in [-0.39, 0.29) is 57.4 Å². The number of hydrogen-bond acceptors (Lipinski definition) is 9. The van der Waals surface area contributed by atoms with Crippen LogP contribution in [0.3, 0.4) is 0 Å². The van der Waals surface area contributed by atoms with Crippen molar-refractivity contribution in [3.8, 4) is 23.0 Å². The molecule has 1 N–H and O–H groups in total. The number of thioether (sulfide) groups is 1. The summed E-state index contributed by atoms with van der Waals surface area (Å²) in [4.78, 5) is 33.7. The summed E-state index contributed by atoms with van der Waals surface area (Å²) in [6.45, 7) is 2.22. The fourth-order valence-electron chi connectivity index (χ4n) is 6.57. The zero-order chi connectivity index (χ0) is 27.9. The number of aromatic nitrogens is 4. The lowest BCUT2D eigenvalue weighted by Gasteiger charge is -2.47. The van der Waals surface area contributed by atoms with Gasteiger partial charge in [-0.05, 0) is 43.5 Å². The molecule has 3 aliphatic heterocycles. The molecular weight excluding hydrogens is 542 g/mol. The molecule has 2 bridgehead atoms. The molecule has 7 rings (SSSR count). The average Bonchev–Trinajstić information content (AvgIpc) is 3.21. The van der Waals surface area contributed by atoms with Crippen LogP contribution in [0.2, 0.25) is 0 Å². The molecule has 6 heterocycles. The Kier molecular flexibility index (Phi) is 5.63. The summed E-state index contributed by atoms with van der Waals surface area (Å²) in [5.41, 5.74) is -0.442. The predicted octanol–water partition coefficient (Wildman–Crippen LogP) is 4.73. The average molecular weight is 567 g/mol. The van der Waals surface area contributed by atoms with Gasteiger partial charge in [0.15, 0.2) is 11.0 Å². The van der Waals surface area contributed by atoms with Gasteiger partial charge in [-0.15, -0.1) is 0 Å². The molecule has 13 heteroatoms. The molecule has 0 aliphatic carbocycles. The maximum absolute atomic E-state index is 16.6. The molecular formula is C27H24F2N6O4S. The van der Waals surface area contributed by atoms with E-state index >= 15 is 8.78 Å². The van der Waals surface area contributed by atoms with Gasteiger partial charge in [0, 0.05) is 12.7 Å². The van der Waals surface area contributed by atoms with Gasteiger partial charge in [-0.2, -0.15) is 0 Å². The molecule has 3 aromatic heterocycles. The molecule has 3 aliphatic rings. The van der Waals surface area contributed by atoms with Gasteiger partial charge in [-0.25, -0.2) is 33.5 Å². The quantitative estimate of drug-likeness (QED) is 0.276. The first-order chi connectivity index (χ1) is 19.3. The van der Waals surface area contributed by atoms with Gasteiger partial charge in [-0.1, -0.05) is 17.8 Å². The summed E-state index contributed by atoms with van der Waals surface area (Å²) < 4.78 is 43.9. The van der Waals surface area contributed by atoms with Gasteiger partial charge >= 0.3 is 6.09 Å². The van der Waals surface area contributed by atoms with Crippen molar-refractivity contribution in [2.45, 2.75) is 49.2 Å². The molecule has 4 unspecified atom stereocenters. The topological polar surface area (TPSA) is 114 Å². The summed E-state index contributed by atoms with van der Waals surface area (Å²) in [5.74, 6) is -0.894. The summed E-state index contributed by atoms with van der Waals surface area (Å²) in [5, 5.41) is 11.4. The lowest BCUT2D eigenvalue weighted by molar-refractivity contribution is 0.0707. The van der Waals surface area contributed by atoms with Gasteiger partial charge in [0.25, 0.3) is 0 Å². The van der Waals surface area contributed by atoms with E-state index in [1.165, 1.54) is 36.0 Å². The standard InChI is InChI=1S/C27H24F2N6O4S/c1-11-22-15-7-5-13(35(15)27(36)37)10-34(22)23-18-21(32-26(33-23)40-3)19(29)20(31-25(18)39-11)17-14(28)6-4-12-8-9-30-24(38-2)16(12)17/h4,6,8-9,11,13,15,22H,5,7,10H2,1-3H3,(H,36,37). The van der Waals surface area contributed by atoms with Crippen LogP contribution in [0.5, 0.6) is 11.8 Å². The van der Waals surface area contributed by atoms with Crippen molar-refractivity contribution in [3.63, 3.8) is 0 Å². The van der Waals surface area contributed by atoms with Crippen molar-refractivity contribution < 1.29 is 28.2 Å². The molecule has 1 amide bonds. The number of fused-ring (bicyclic) bond motifs is 6. The van der Waals surface area contributed by atoms with Crippen molar-refractivity contribution >= 4 is 45.3 Å². The van der Waals surface area contributed by atoms with Crippen LogP contribution in [0, 0.1) is 11.6 Å². The van der Waals surface area contributed by atoms with Crippen LogP contribution < -0.4 is 14.4 Å². The smallest absolute Gasteiger partial charge is 0.407 e. The normalized spacial score (nSPS) is 23.2. The highest BCUT2D eigenvalue weighted by Crippen LogP contribution is 2.47. The minimum Gasteiger partial charge on any atom is -0.481 e. The highest BCUT2D eigenvalue weighted by Gasteiger charge is 2.53. The fourth-order valence-corrected chi connectivity index (χ4v) is 6.93. The van der Waals surface area contributed by atoms with Crippen molar-refractivity contribution in [1.82, 2.24) is 24.8 Å². The number of ether oxygens (including phenoxy) is 2. The number of piperazine rings is 1. The third-order valence-corrected chi connectivity index (χ3v) is 8.70. The monoisotopic (exact) mass is 566 g/mol. The van der Waals surface area contributed by atoms with Crippen LogP contribution in [0.15, 0.2) is 29.6 Å². The zero-order valence-electron chi connectivity index (χ0n) is 21.8.